The summed E-state index contributed by atoms with van der Waals surface area (Å²) in [4.78, 5) is 27.5. The van der Waals surface area contributed by atoms with Crippen molar-refractivity contribution < 1.29 is 19.4 Å². The van der Waals surface area contributed by atoms with Crippen molar-refractivity contribution >= 4 is 34.0 Å². The van der Waals surface area contributed by atoms with Crippen LogP contribution in [0.4, 0.5) is 5.69 Å². The van der Waals surface area contributed by atoms with E-state index in [0.717, 1.165) is 53.9 Å². The molecule has 1 aliphatic heterocycles. The van der Waals surface area contributed by atoms with E-state index in [9.17, 15) is 19.8 Å². The quantitative estimate of drug-likeness (QED) is 0.0623. The number of benzene rings is 4. The van der Waals surface area contributed by atoms with Crippen LogP contribution < -0.4 is 27.2 Å². The molecule has 2 heterocycles. The molecule has 0 bridgehead atoms. The second-order valence-electron chi connectivity index (χ2n) is 11.7. The van der Waals surface area contributed by atoms with Crippen LogP contribution in [0.25, 0.3) is 33.7 Å². The number of anilines is 1. The summed E-state index contributed by atoms with van der Waals surface area (Å²) < 4.78 is 5.72. The number of nitrogens with one attached hydrogen (secondary N) is 1. The molecule has 6 rings (SSSR count). The molecule has 0 saturated carbocycles. The summed E-state index contributed by atoms with van der Waals surface area (Å²) in [6, 6.07) is 26.9. The average molecular weight is 632 g/mol. The first-order chi connectivity index (χ1) is 22.7. The second kappa shape index (κ2) is 13.3. The Morgan fingerprint density at radius 3 is 2.45 bits per heavy atom. The predicted octanol–water partition coefficient (Wildman–Crippen LogP) is 5.38. The molecule has 0 spiro atoms. The van der Waals surface area contributed by atoms with Gasteiger partial charge in [0.2, 0.25) is 5.75 Å². The lowest BCUT2D eigenvalue weighted by atomic mass is 9.96. The summed E-state index contributed by atoms with van der Waals surface area (Å²) in [5, 5.41) is 24.8. The van der Waals surface area contributed by atoms with Gasteiger partial charge in [-0.2, -0.15) is 0 Å². The van der Waals surface area contributed by atoms with Crippen molar-refractivity contribution in [3.63, 3.8) is 0 Å². The number of amides is 1. The molecule has 0 unspecified atom stereocenters. The number of nitrogens with zero attached hydrogens (tertiary/aromatic N) is 2. The van der Waals surface area contributed by atoms with Gasteiger partial charge in [-0.05, 0) is 55.2 Å². The number of phenolic OH excluding ortho intramolecular Hbond substituents is 2. The summed E-state index contributed by atoms with van der Waals surface area (Å²) in [6.45, 7) is 1.83. The van der Waals surface area contributed by atoms with Crippen LogP contribution in [0, 0.1) is 0 Å². The summed E-state index contributed by atoms with van der Waals surface area (Å²) in [5.74, 6) is 5.79. The number of hydrogen-bond acceptors (Lipinski definition) is 9. The van der Waals surface area contributed by atoms with Crippen LogP contribution in [-0.2, 0) is 6.54 Å². The lowest BCUT2D eigenvalue weighted by Gasteiger charge is -2.32. The van der Waals surface area contributed by atoms with Crippen molar-refractivity contribution in [1.82, 2.24) is 10.3 Å². The van der Waals surface area contributed by atoms with Crippen LogP contribution in [-0.4, -0.2) is 41.3 Å². The van der Waals surface area contributed by atoms with Crippen molar-refractivity contribution in [2.24, 2.45) is 11.6 Å². The Labute approximate surface area is 272 Å². The Bertz CT molecular complexity index is 2040. The molecule has 4 aromatic carbocycles. The predicted molar refractivity (Wildman–Crippen MR) is 184 cm³/mol. The molecule has 10 nitrogen and oxygen atoms in total. The fraction of sp³-hybridized carbons (Fsp3) is 0.189. The normalized spacial score (nSPS) is 14.2. The third kappa shape index (κ3) is 6.36. The van der Waals surface area contributed by atoms with Gasteiger partial charge in [0.15, 0.2) is 16.8 Å². The Kier molecular flexibility index (Phi) is 8.86. The number of aromatic hydroxyl groups is 2. The van der Waals surface area contributed by atoms with Gasteiger partial charge in [0, 0.05) is 60.7 Å². The van der Waals surface area contributed by atoms with E-state index >= 15 is 0 Å². The molecule has 0 fully saturated rings. The van der Waals surface area contributed by atoms with Crippen molar-refractivity contribution in [2.45, 2.75) is 25.8 Å². The van der Waals surface area contributed by atoms with Gasteiger partial charge in [-0.15, -0.1) is 0 Å². The Morgan fingerprint density at radius 2 is 1.66 bits per heavy atom. The van der Waals surface area contributed by atoms with Gasteiger partial charge in [0.05, 0.1) is 16.8 Å². The van der Waals surface area contributed by atoms with E-state index in [-0.39, 0.29) is 33.8 Å². The maximum absolute atomic E-state index is 12.8. The topological polar surface area (TPSA) is 158 Å². The zero-order valence-corrected chi connectivity index (χ0v) is 26.1. The van der Waals surface area contributed by atoms with Gasteiger partial charge in [-0.3, -0.25) is 9.59 Å². The van der Waals surface area contributed by atoms with Crippen molar-refractivity contribution in [1.29, 1.82) is 0 Å². The standard InChI is InChI=1S/C37H37N5O5/c1-41-22-25-9-3-4-10-26(25)34(33(38)27-11-5-6-12-29(27)41)42(39)20-8-2-7-19-40-37(46)24-15-13-23(14-16-24)32-21-31(44)28-17-18-30(43)35(45)36(28)47-32/h3-6,9-18,21,43,45H,2,7-8,19-20,22,38-39H2,1H3,(H,40,46)/b34-33-. The van der Waals surface area contributed by atoms with E-state index in [2.05, 4.69) is 35.5 Å². The van der Waals surface area contributed by atoms with Crippen molar-refractivity contribution in [3.05, 3.63) is 123 Å². The lowest BCUT2D eigenvalue weighted by Crippen LogP contribution is -2.34. The minimum atomic E-state index is -0.498. The van der Waals surface area contributed by atoms with Gasteiger partial charge >= 0.3 is 0 Å². The van der Waals surface area contributed by atoms with Crippen LogP contribution in [0.1, 0.15) is 46.3 Å². The third-order valence-corrected chi connectivity index (χ3v) is 8.47. The molecule has 47 heavy (non-hydrogen) atoms. The zero-order chi connectivity index (χ0) is 33.1. The van der Waals surface area contributed by atoms with Crippen LogP contribution in [0.3, 0.4) is 0 Å². The van der Waals surface area contributed by atoms with Crippen molar-refractivity contribution in [2.75, 3.05) is 25.0 Å². The highest BCUT2D eigenvalue weighted by Gasteiger charge is 2.23. The molecule has 5 aromatic rings. The highest BCUT2D eigenvalue weighted by molar-refractivity contribution is 5.95. The van der Waals surface area contributed by atoms with E-state index in [1.807, 2.05) is 30.3 Å². The minimum absolute atomic E-state index is 0.0973. The van der Waals surface area contributed by atoms with Crippen LogP contribution in [0.2, 0.25) is 0 Å². The molecule has 1 amide bonds. The van der Waals surface area contributed by atoms with E-state index in [0.29, 0.717) is 29.9 Å². The first kappa shape index (κ1) is 31.3. The molecule has 240 valence electrons. The van der Waals surface area contributed by atoms with Crippen LogP contribution >= 0.6 is 0 Å². The minimum Gasteiger partial charge on any atom is -0.504 e. The summed E-state index contributed by atoms with van der Waals surface area (Å²) >= 11 is 0. The molecule has 0 radical (unpaired) electrons. The number of phenols is 2. The highest BCUT2D eigenvalue weighted by Crippen LogP contribution is 2.36. The van der Waals surface area contributed by atoms with E-state index in [1.54, 1.807) is 29.3 Å². The molecule has 0 atom stereocenters. The summed E-state index contributed by atoms with van der Waals surface area (Å²) in [5.41, 5.74) is 13.0. The number of unbranched alkanes of at least 4 members (excludes halogenated alkanes) is 2. The maximum atomic E-state index is 12.8. The number of nitrogens with two attached hydrogens (primary N) is 2. The van der Waals surface area contributed by atoms with E-state index in [1.165, 1.54) is 18.2 Å². The third-order valence-electron chi connectivity index (χ3n) is 8.47. The maximum Gasteiger partial charge on any atom is 0.251 e. The molecular formula is C37H37N5O5. The molecule has 0 saturated heterocycles. The number of fused-ring (bicyclic) bond motifs is 3. The van der Waals surface area contributed by atoms with E-state index in [4.69, 9.17) is 16.0 Å². The first-order valence-corrected chi connectivity index (χ1v) is 15.5. The van der Waals surface area contributed by atoms with E-state index < -0.39 is 5.75 Å². The Balaban J connectivity index is 1.04. The number of hydrogen-bond donors (Lipinski definition) is 5. The average Bonchev–Trinajstić information content (AvgIpc) is 3.08. The number of carbonyl (C=O) groups excluding carboxylic acids is 1. The molecule has 7 N–H and O–H groups in total. The second-order valence-corrected chi connectivity index (χ2v) is 11.7. The van der Waals surface area contributed by atoms with Gasteiger partial charge in [0.1, 0.15) is 5.76 Å². The zero-order valence-electron chi connectivity index (χ0n) is 26.1. The smallest absolute Gasteiger partial charge is 0.251 e. The largest absolute Gasteiger partial charge is 0.504 e. The molecule has 1 aromatic heterocycles. The number of rotatable bonds is 9. The van der Waals surface area contributed by atoms with Crippen molar-refractivity contribution in [3.8, 4) is 22.8 Å². The number of carbonyl (C=O) groups is 1. The van der Waals surface area contributed by atoms with Crippen LogP contribution in [0.15, 0.2) is 100 Å². The number of hydrazine groups is 1. The lowest BCUT2D eigenvalue weighted by molar-refractivity contribution is 0.0953. The van der Waals surface area contributed by atoms with Gasteiger partial charge in [-0.1, -0.05) is 54.6 Å². The Hall–Kier alpha value is -5.74. The molecule has 1 aliphatic rings. The first-order valence-electron chi connectivity index (χ1n) is 15.5. The Morgan fingerprint density at radius 1 is 0.936 bits per heavy atom. The van der Waals surface area contributed by atoms with Gasteiger partial charge in [0.25, 0.3) is 5.91 Å². The monoisotopic (exact) mass is 631 g/mol. The van der Waals surface area contributed by atoms with Gasteiger partial charge in [-0.25, -0.2) is 5.84 Å². The SMILES string of the molecule is CN1Cc2ccccc2/C(N(N)CCCCCNC(=O)c2ccc(-c3cc(=O)c4ccc(O)c(O)c4o3)cc2)=C(/N)c2ccccc21. The molecule has 10 heteroatoms. The fourth-order valence-electron chi connectivity index (χ4n) is 5.97. The number of para-hydroxylation sites is 1. The van der Waals surface area contributed by atoms with Crippen LogP contribution in [0.5, 0.6) is 11.5 Å². The summed E-state index contributed by atoms with van der Waals surface area (Å²) in [6.07, 6.45) is 2.44. The fourth-order valence-corrected chi connectivity index (χ4v) is 5.97. The summed E-state index contributed by atoms with van der Waals surface area (Å²) in [7, 11) is 2.06. The highest BCUT2D eigenvalue weighted by atomic mass is 16.4. The molecular weight excluding hydrogens is 594 g/mol. The molecule has 0 aliphatic carbocycles. The van der Waals surface area contributed by atoms with Gasteiger partial charge < -0.3 is 35.6 Å².